The van der Waals surface area contributed by atoms with Crippen molar-refractivity contribution in [2.75, 3.05) is 5.75 Å². The maximum Gasteiger partial charge on any atom is 0.267 e. The van der Waals surface area contributed by atoms with Gasteiger partial charge in [0.25, 0.3) is 10.1 Å². The molecule has 0 aromatic carbocycles. The molecule has 0 heterocycles. The zero-order valence-corrected chi connectivity index (χ0v) is 34.0. The summed E-state index contributed by atoms with van der Waals surface area (Å²) in [5.41, 5.74) is 0. The molecule has 1 amide bonds. The molecule has 0 aromatic heterocycles. The lowest BCUT2D eigenvalue weighted by Crippen LogP contribution is -2.46. The Kier molecular flexibility index (Phi) is 36.8. The monoisotopic (exact) mass is 736 g/mol. The number of unbranched alkanes of at least 4 members (excludes halogenated alkanes) is 24. The van der Waals surface area contributed by atoms with Crippen molar-refractivity contribution in [3.8, 4) is 0 Å². The molecule has 0 saturated carbocycles. The van der Waals surface area contributed by atoms with Crippen molar-refractivity contribution in [1.82, 2.24) is 5.32 Å². The molecule has 0 fully saturated rings. The lowest BCUT2D eigenvalue weighted by atomic mass is 10.0. The van der Waals surface area contributed by atoms with E-state index in [1.807, 2.05) is 6.08 Å². The van der Waals surface area contributed by atoms with Gasteiger partial charge in [0, 0.05) is 6.42 Å². The number of hydrogen-bond acceptors (Lipinski definition) is 4. The SMILES string of the molecule is CCCCCCC/C=C\C/C=C\C/C=C\CCCCCCCCC(=O)NC(CS(=O)(=O)O)C(O)/C=C/CCCCCCCCCCCCCCC. The van der Waals surface area contributed by atoms with Gasteiger partial charge in [-0.3, -0.25) is 9.35 Å². The highest BCUT2D eigenvalue weighted by Gasteiger charge is 2.24. The molecule has 298 valence electrons. The summed E-state index contributed by atoms with van der Waals surface area (Å²) in [6.07, 6.45) is 50.9. The van der Waals surface area contributed by atoms with E-state index < -0.39 is 28.0 Å². The zero-order valence-electron chi connectivity index (χ0n) is 33.2. The first-order valence-electron chi connectivity index (χ1n) is 21.3. The molecule has 2 atom stereocenters. The van der Waals surface area contributed by atoms with Crippen LogP contribution in [0.25, 0.3) is 0 Å². The van der Waals surface area contributed by atoms with Gasteiger partial charge in [0.05, 0.1) is 17.9 Å². The Morgan fingerprint density at radius 2 is 0.882 bits per heavy atom. The molecule has 0 saturated heterocycles. The molecule has 0 aromatic rings. The van der Waals surface area contributed by atoms with E-state index >= 15 is 0 Å². The first-order valence-corrected chi connectivity index (χ1v) is 22.9. The Hall–Kier alpha value is -1.70. The minimum atomic E-state index is -4.35. The number of aliphatic hydroxyl groups is 1. The van der Waals surface area contributed by atoms with Crippen molar-refractivity contribution in [3.63, 3.8) is 0 Å². The quantitative estimate of drug-likeness (QED) is 0.0333. The van der Waals surface area contributed by atoms with E-state index in [1.165, 1.54) is 122 Å². The van der Waals surface area contributed by atoms with Crippen molar-refractivity contribution in [2.45, 2.75) is 219 Å². The molecule has 3 N–H and O–H groups in total. The van der Waals surface area contributed by atoms with Crippen molar-refractivity contribution in [1.29, 1.82) is 0 Å². The van der Waals surface area contributed by atoms with Crippen LogP contribution >= 0.6 is 0 Å². The van der Waals surface area contributed by atoms with Gasteiger partial charge >= 0.3 is 0 Å². The van der Waals surface area contributed by atoms with E-state index in [0.717, 1.165) is 64.2 Å². The minimum Gasteiger partial charge on any atom is -0.387 e. The van der Waals surface area contributed by atoms with Crippen LogP contribution in [0.4, 0.5) is 0 Å². The first-order chi connectivity index (χ1) is 24.8. The number of nitrogens with one attached hydrogen (secondary N) is 1. The van der Waals surface area contributed by atoms with Gasteiger partial charge in [-0.2, -0.15) is 8.42 Å². The first kappa shape index (κ1) is 49.3. The van der Waals surface area contributed by atoms with E-state index in [2.05, 4.69) is 55.6 Å². The van der Waals surface area contributed by atoms with Gasteiger partial charge in [-0.1, -0.05) is 191 Å². The Bertz CT molecular complexity index is 987. The number of rotatable bonds is 38. The largest absolute Gasteiger partial charge is 0.387 e. The molecular formula is C44H81NO5S. The fourth-order valence-electron chi connectivity index (χ4n) is 6.28. The van der Waals surface area contributed by atoms with Crippen molar-refractivity contribution in [2.24, 2.45) is 0 Å². The van der Waals surface area contributed by atoms with E-state index in [-0.39, 0.29) is 12.3 Å². The average molecular weight is 736 g/mol. The molecule has 0 aliphatic rings. The van der Waals surface area contributed by atoms with Crippen LogP contribution in [0.2, 0.25) is 0 Å². The van der Waals surface area contributed by atoms with E-state index in [9.17, 15) is 22.9 Å². The van der Waals surface area contributed by atoms with E-state index in [0.29, 0.717) is 0 Å². The predicted octanol–water partition coefficient (Wildman–Crippen LogP) is 12.7. The minimum absolute atomic E-state index is 0.280. The highest BCUT2D eigenvalue weighted by atomic mass is 32.2. The summed E-state index contributed by atoms with van der Waals surface area (Å²) in [5.74, 6) is -0.995. The molecular weight excluding hydrogens is 655 g/mol. The Balaban J connectivity index is 3.94. The van der Waals surface area contributed by atoms with Gasteiger partial charge in [0.15, 0.2) is 0 Å². The van der Waals surface area contributed by atoms with Crippen molar-refractivity contribution in [3.05, 3.63) is 48.6 Å². The number of carbonyl (C=O) groups excluding carboxylic acids is 1. The topological polar surface area (TPSA) is 104 Å². The summed E-state index contributed by atoms with van der Waals surface area (Å²) in [4.78, 5) is 12.5. The highest BCUT2D eigenvalue weighted by molar-refractivity contribution is 7.85. The lowest BCUT2D eigenvalue weighted by molar-refractivity contribution is -0.122. The number of hydrogen-bond donors (Lipinski definition) is 3. The molecule has 51 heavy (non-hydrogen) atoms. The van der Waals surface area contributed by atoms with Crippen LogP contribution in [0.3, 0.4) is 0 Å². The molecule has 0 bridgehead atoms. The van der Waals surface area contributed by atoms with Crippen LogP contribution in [-0.2, 0) is 14.9 Å². The van der Waals surface area contributed by atoms with E-state index in [4.69, 9.17) is 0 Å². The van der Waals surface area contributed by atoms with Gasteiger partial charge in [-0.25, -0.2) is 0 Å². The zero-order chi connectivity index (χ0) is 37.5. The second-order valence-electron chi connectivity index (χ2n) is 14.6. The maximum atomic E-state index is 12.5. The summed E-state index contributed by atoms with van der Waals surface area (Å²) in [5, 5.41) is 13.2. The fraction of sp³-hybridized carbons (Fsp3) is 0.795. The van der Waals surface area contributed by atoms with Gasteiger partial charge in [0.2, 0.25) is 5.91 Å². The molecule has 2 unspecified atom stereocenters. The lowest BCUT2D eigenvalue weighted by Gasteiger charge is -2.21. The summed E-state index contributed by atoms with van der Waals surface area (Å²) in [6.45, 7) is 4.51. The second kappa shape index (κ2) is 38.0. The summed E-state index contributed by atoms with van der Waals surface area (Å²) in [7, 11) is -4.35. The third-order valence-electron chi connectivity index (χ3n) is 9.50. The number of aliphatic hydroxyl groups excluding tert-OH is 1. The average Bonchev–Trinajstić information content (AvgIpc) is 3.09. The number of amides is 1. The Morgan fingerprint density at radius 1 is 0.529 bits per heavy atom. The van der Waals surface area contributed by atoms with Crippen LogP contribution in [0.15, 0.2) is 48.6 Å². The van der Waals surface area contributed by atoms with Crippen molar-refractivity contribution >= 4 is 16.0 Å². The van der Waals surface area contributed by atoms with Crippen LogP contribution in [0, 0.1) is 0 Å². The third kappa shape index (κ3) is 39.3. The van der Waals surface area contributed by atoms with Gasteiger partial charge in [-0.15, -0.1) is 0 Å². The Morgan fingerprint density at radius 3 is 1.29 bits per heavy atom. The van der Waals surface area contributed by atoms with Gasteiger partial charge in [-0.05, 0) is 57.8 Å². The fourth-order valence-corrected chi connectivity index (χ4v) is 7.01. The highest BCUT2D eigenvalue weighted by Crippen LogP contribution is 2.14. The van der Waals surface area contributed by atoms with Crippen LogP contribution in [0.1, 0.15) is 206 Å². The number of carbonyl (C=O) groups is 1. The molecule has 0 radical (unpaired) electrons. The summed E-state index contributed by atoms with van der Waals surface area (Å²) >= 11 is 0. The summed E-state index contributed by atoms with van der Waals surface area (Å²) < 4.78 is 32.5. The van der Waals surface area contributed by atoms with Crippen molar-refractivity contribution < 1.29 is 22.9 Å². The molecule has 0 aliphatic heterocycles. The second-order valence-corrected chi connectivity index (χ2v) is 16.1. The summed E-state index contributed by atoms with van der Waals surface area (Å²) in [6, 6.07) is -1.06. The smallest absolute Gasteiger partial charge is 0.267 e. The molecule has 7 heteroatoms. The van der Waals surface area contributed by atoms with E-state index in [1.54, 1.807) is 6.08 Å². The standard InChI is InChI=1S/C44H81NO5S/c1-3-5-7-9-11-13-15-17-19-20-21-22-23-24-26-28-30-32-34-36-38-40-44(47)45-42(41-51(48,49)50)43(46)39-37-35-33-31-29-27-25-18-16-14-12-10-8-6-4-2/h15,17,20-21,23-24,37,39,42-43,46H,3-14,16,18-19,22,25-36,38,40-41H2,1-2H3,(H,45,47)(H,48,49,50)/b17-15-,21-20-,24-23-,39-37+. The molecule has 0 spiro atoms. The third-order valence-corrected chi connectivity index (χ3v) is 10.3. The Labute approximate surface area is 316 Å². The van der Waals surface area contributed by atoms with Crippen LogP contribution in [0.5, 0.6) is 0 Å². The van der Waals surface area contributed by atoms with Gasteiger partial charge in [0.1, 0.15) is 0 Å². The van der Waals surface area contributed by atoms with Gasteiger partial charge < -0.3 is 10.4 Å². The maximum absolute atomic E-state index is 12.5. The van der Waals surface area contributed by atoms with Crippen LogP contribution < -0.4 is 5.32 Å². The predicted molar refractivity (Wildman–Crippen MR) is 221 cm³/mol. The molecule has 0 aliphatic carbocycles. The normalized spacial score (nSPS) is 13.7. The number of allylic oxidation sites excluding steroid dienone is 7. The molecule has 6 nitrogen and oxygen atoms in total. The van der Waals surface area contributed by atoms with Crippen LogP contribution in [-0.4, -0.2) is 41.9 Å². The molecule has 0 rings (SSSR count).